The fourth-order valence-corrected chi connectivity index (χ4v) is 5.54. The molecule has 0 radical (unpaired) electrons. The van der Waals surface area contributed by atoms with Crippen molar-refractivity contribution in [1.82, 2.24) is 0 Å². The summed E-state index contributed by atoms with van der Waals surface area (Å²) >= 11 is 0. The fraction of sp³-hybridized carbons (Fsp3) is 0.312. The topological polar surface area (TPSA) is 159 Å². The molecule has 0 amide bonds. The summed E-state index contributed by atoms with van der Waals surface area (Å²) in [5.41, 5.74) is 1.80. The molecule has 4 rings (SSSR count). The van der Waals surface area contributed by atoms with Crippen molar-refractivity contribution in [3.63, 3.8) is 0 Å². The maximum atomic E-state index is 12.7. The van der Waals surface area contributed by atoms with Crippen LogP contribution < -0.4 is 33.2 Å². The predicted molar refractivity (Wildman–Crippen MR) is 235 cm³/mol. The summed E-state index contributed by atoms with van der Waals surface area (Å²) in [5, 5.41) is 8.31. The number of benzene rings is 4. The highest BCUT2D eigenvalue weighted by Gasteiger charge is 2.15. The van der Waals surface area contributed by atoms with Gasteiger partial charge in [0, 0.05) is 17.7 Å². The van der Waals surface area contributed by atoms with Gasteiger partial charge in [0.1, 0.15) is 23.0 Å². The van der Waals surface area contributed by atoms with Gasteiger partial charge in [-0.05, 0) is 142 Å². The number of carbonyl (C=O) groups excluding carboxylic acids is 3. The fourth-order valence-electron chi connectivity index (χ4n) is 5.54. The Balaban J connectivity index is 1.16. The number of carbonyl (C=O) groups is 3. The van der Waals surface area contributed by atoms with Gasteiger partial charge in [0.15, 0.2) is 11.5 Å². The van der Waals surface area contributed by atoms with Gasteiger partial charge >= 0.3 is 17.9 Å². The van der Waals surface area contributed by atoms with Crippen LogP contribution in [0.5, 0.6) is 40.2 Å². The predicted octanol–water partition coefficient (Wildman–Crippen LogP) is 9.13. The maximum Gasteiger partial charge on any atom is 0.343 e. The third-order valence-corrected chi connectivity index (χ3v) is 8.83. The lowest BCUT2D eigenvalue weighted by atomic mass is 10.2. The number of nitrogens with zero attached hydrogens (tertiary/aromatic N) is 2. The molecule has 0 aliphatic heterocycles. The minimum absolute atomic E-state index is 0.101. The number of rotatable bonds is 29. The van der Waals surface area contributed by atoms with Gasteiger partial charge in [-0.25, -0.2) is 14.4 Å². The summed E-state index contributed by atoms with van der Waals surface area (Å²) in [5.74, 6) is 2.27. The first-order valence-corrected chi connectivity index (χ1v) is 20.3. The number of hydrogen-bond acceptors (Lipinski definition) is 14. The van der Waals surface area contributed by atoms with E-state index >= 15 is 0 Å². The van der Waals surface area contributed by atoms with Gasteiger partial charge in [-0.1, -0.05) is 13.2 Å². The second-order valence-corrected chi connectivity index (χ2v) is 13.4. The highest BCUT2D eigenvalue weighted by molar-refractivity contribution is 5.91. The molecule has 0 aliphatic carbocycles. The highest BCUT2D eigenvalue weighted by atomic mass is 16.7. The van der Waals surface area contributed by atoms with E-state index in [-0.39, 0.29) is 6.79 Å². The molecule has 0 saturated heterocycles. The van der Waals surface area contributed by atoms with Crippen molar-refractivity contribution in [3.8, 4) is 40.2 Å². The standard InChI is InChI=1S/C48H54N2O12/c1-5-45(51)58-29-13-9-7-11-27-56-39-21-17-38(18-22-39)48(53)62-42-19-15-36(16-20-42)33-49-50-34-37-31-43(54-3)47(44(32-37)55-4)61-35-60-41-25-23-40(24-26-41)57-28-12-8-10-14-30-59-46(52)6-2/h5-6,15-26,31-34H,1-2,7-14,27-30,35H2,3-4H3/b49-33+,50-34+. The third kappa shape index (κ3) is 17.6. The summed E-state index contributed by atoms with van der Waals surface area (Å²) < 4.78 is 49.9. The molecule has 0 heterocycles. The lowest BCUT2D eigenvalue weighted by molar-refractivity contribution is -0.138. The molecule has 0 saturated carbocycles. The van der Waals surface area contributed by atoms with Crippen LogP contribution in [0, 0.1) is 0 Å². The lowest BCUT2D eigenvalue weighted by Crippen LogP contribution is -2.08. The molecule has 14 nitrogen and oxygen atoms in total. The number of esters is 3. The molecule has 4 aromatic carbocycles. The maximum absolute atomic E-state index is 12.7. The Morgan fingerprint density at radius 1 is 0.516 bits per heavy atom. The molecule has 0 atom stereocenters. The largest absolute Gasteiger partial charge is 0.494 e. The minimum Gasteiger partial charge on any atom is -0.494 e. The molecule has 0 spiro atoms. The number of ether oxygens (including phenoxy) is 9. The van der Waals surface area contributed by atoms with Crippen molar-refractivity contribution in [2.45, 2.75) is 51.4 Å². The van der Waals surface area contributed by atoms with E-state index in [2.05, 4.69) is 23.4 Å². The molecule has 0 N–H and O–H groups in total. The van der Waals surface area contributed by atoms with E-state index in [0.717, 1.165) is 74.8 Å². The minimum atomic E-state index is -0.492. The molecule has 0 unspecified atom stereocenters. The molecule has 0 aromatic heterocycles. The summed E-state index contributed by atoms with van der Waals surface area (Å²) in [7, 11) is 3.05. The Hall–Kier alpha value is -7.09. The molecular weight excluding hydrogens is 797 g/mol. The average Bonchev–Trinajstić information content (AvgIpc) is 3.30. The van der Waals surface area contributed by atoms with Crippen LogP contribution in [0.15, 0.2) is 120 Å². The third-order valence-electron chi connectivity index (χ3n) is 8.83. The van der Waals surface area contributed by atoms with Gasteiger partial charge in [0.25, 0.3) is 0 Å². The van der Waals surface area contributed by atoms with Crippen LogP contribution in [0.3, 0.4) is 0 Å². The van der Waals surface area contributed by atoms with E-state index in [9.17, 15) is 14.4 Å². The molecule has 14 heteroatoms. The zero-order chi connectivity index (χ0) is 44.2. The van der Waals surface area contributed by atoms with Crippen LogP contribution in [-0.2, 0) is 19.1 Å². The van der Waals surface area contributed by atoms with E-state index in [1.807, 2.05) is 12.1 Å². The molecule has 328 valence electrons. The number of hydrogen-bond donors (Lipinski definition) is 0. The smallest absolute Gasteiger partial charge is 0.343 e. The first-order valence-electron chi connectivity index (χ1n) is 20.3. The van der Waals surface area contributed by atoms with Gasteiger partial charge in [-0.2, -0.15) is 10.2 Å². The van der Waals surface area contributed by atoms with E-state index in [4.69, 9.17) is 42.6 Å². The van der Waals surface area contributed by atoms with Crippen LogP contribution >= 0.6 is 0 Å². The Labute approximate surface area is 362 Å². The summed E-state index contributed by atoms with van der Waals surface area (Å²) in [4.78, 5) is 34.8. The van der Waals surface area contributed by atoms with Gasteiger partial charge in [0.05, 0.1) is 58.6 Å². The Morgan fingerprint density at radius 3 is 1.44 bits per heavy atom. The van der Waals surface area contributed by atoms with Crippen molar-refractivity contribution < 1.29 is 57.0 Å². The monoisotopic (exact) mass is 850 g/mol. The molecular formula is C48H54N2O12. The van der Waals surface area contributed by atoms with Gasteiger partial charge in [-0.15, -0.1) is 0 Å². The van der Waals surface area contributed by atoms with Crippen molar-refractivity contribution in [2.24, 2.45) is 10.2 Å². The second kappa shape index (κ2) is 27.6. The average molecular weight is 851 g/mol. The summed E-state index contributed by atoms with van der Waals surface area (Å²) in [6.45, 7) is 8.56. The van der Waals surface area contributed by atoms with Crippen LogP contribution in [0.4, 0.5) is 0 Å². The molecule has 0 aliphatic rings. The van der Waals surface area contributed by atoms with Gasteiger partial charge in [-0.3, -0.25) is 0 Å². The van der Waals surface area contributed by atoms with Crippen LogP contribution in [0.25, 0.3) is 0 Å². The first-order chi connectivity index (χ1) is 30.3. The van der Waals surface area contributed by atoms with Crippen molar-refractivity contribution in [1.29, 1.82) is 0 Å². The Morgan fingerprint density at radius 2 is 0.952 bits per heavy atom. The normalized spacial score (nSPS) is 10.8. The van der Waals surface area contributed by atoms with E-state index in [1.165, 1.54) is 14.2 Å². The lowest BCUT2D eigenvalue weighted by Gasteiger charge is -2.15. The van der Waals surface area contributed by atoms with Crippen molar-refractivity contribution in [3.05, 3.63) is 127 Å². The zero-order valence-electron chi connectivity index (χ0n) is 35.3. The Bertz CT molecular complexity index is 2040. The van der Waals surface area contributed by atoms with Crippen LogP contribution in [-0.4, -0.2) is 77.8 Å². The first kappa shape index (κ1) is 47.6. The molecule has 0 bridgehead atoms. The van der Waals surface area contributed by atoms with Gasteiger partial charge in [0.2, 0.25) is 12.5 Å². The van der Waals surface area contributed by atoms with Crippen LogP contribution in [0.2, 0.25) is 0 Å². The molecule has 4 aromatic rings. The molecule has 0 fully saturated rings. The quantitative estimate of drug-likeness (QED) is 0.00972. The van der Waals surface area contributed by atoms with E-state index < -0.39 is 17.9 Å². The number of unbranched alkanes of at least 4 members (excludes halogenated alkanes) is 6. The summed E-state index contributed by atoms with van der Waals surface area (Å²) in [6.07, 6.45) is 12.6. The van der Waals surface area contributed by atoms with Gasteiger partial charge < -0.3 is 42.6 Å². The SMILES string of the molecule is C=CC(=O)OCCCCCCOc1ccc(OCOc2c(OC)cc(/C=N/N=C/c3ccc(OC(=O)c4ccc(OCCCCCCOC(=O)C=C)cc4)cc3)cc2OC)cc1. The second-order valence-electron chi connectivity index (χ2n) is 13.4. The van der Waals surface area contributed by atoms with Crippen molar-refractivity contribution in [2.75, 3.05) is 47.4 Å². The molecule has 62 heavy (non-hydrogen) atoms. The highest BCUT2D eigenvalue weighted by Crippen LogP contribution is 2.38. The van der Waals surface area contributed by atoms with E-state index in [1.54, 1.807) is 85.2 Å². The van der Waals surface area contributed by atoms with Crippen molar-refractivity contribution >= 4 is 30.3 Å². The number of methoxy groups -OCH3 is 2. The van der Waals surface area contributed by atoms with E-state index in [0.29, 0.717) is 72.1 Å². The summed E-state index contributed by atoms with van der Waals surface area (Å²) in [6, 6.07) is 24.4. The van der Waals surface area contributed by atoms with Crippen LogP contribution in [0.1, 0.15) is 72.9 Å². The zero-order valence-corrected chi connectivity index (χ0v) is 35.3. The Kier molecular flexibility index (Phi) is 21.2.